The van der Waals surface area contributed by atoms with E-state index in [4.69, 9.17) is 4.98 Å². The van der Waals surface area contributed by atoms with Crippen LogP contribution in [-0.2, 0) is 21.2 Å². The molecule has 1 saturated heterocycles. The number of pyridine rings is 1. The van der Waals surface area contributed by atoms with Crippen LogP contribution in [-0.4, -0.2) is 71.5 Å². The molecule has 9 rings (SSSR count). The van der Waals surface area contributed by atoms with Crippen molar-refractivity contribution in [2.75, 3.05) is 31.1 Å². The lowest BCUT2D eigenvalue weighted by Gasteiger charge is -2.35. The number of fused-ring (bicyclic) bond motifs is 2. The fourth-order valence-corrected chi connectivity index (χ4v) is 9.60. The Labute approximate surface area is 326 Å². The van der Waals surface area contributed by atoms with Gasteiger partial charge in [0.15, 0.2) is 5.65 Å². The molecule has 0 spiro atoms. The highest BCUT2D eigenvalue weighted by molar-refractivity contribution is 7.90. The van der Waals surface area contributed by atoms with Gasteiger partial charge >= 0.3 is 0 Å². The minimum atomic E-state index is -4.12. The number of piperazine rings is 1. The van der Waals surface area contributed by atoms with Gasteiger partial charge in [0.25, 0.3) is 23.0 Å². The third kappa shape index (κ3) is 6.32. The van der Waals surface area contributed by atoms with E-state index < -0.39 is 10.0 Å². The van der Waals surface area contributed by atoms with Gasteiger partial charge in [-0.1, -0.05) is 61.0 Å². The molecule has 10 nitrogen and oxygen atoms in total. The second-order valence-corrected chi connectivity index (χ2v) is 16.6. The highest BCUT2D eigenvalue weighted by atomic mass is 32.2. The van der Waals surface area contributed by atoms with E-state index in [0.717, 1.165) is 65.8 Å². The fourth-order valence-electron chi connectivity index (χ4n) is 8.12. The Hall–Kier alpha value is -5.85. The summed E-state index contributed by atoms with van der Waals surface area (Å²) in [5, 5.41) is 2.19. The molecule has 0 atom stereocenters. The van der Waals surface area contributed by atoms with Crippen molar-refractivity contribution < 1.29 is 13.2 Å². The van der Waals surface area contributed by atoms with Crippen molar-refractivity contribution in [3.8, 4) is 28.2 Å². The van der Waals surface area contributed by atoms with Gasteiger partial charge in [-0.3, -0.25) is 9.36 Å². The first kappa shape index (κ1) is 35.8. The molecule has 0 N–H and O–H groups in total. The molecule has 3 aromatic heterocycles. The van der Waals surface area contributed by atoms with Gasteiger partial charge in [0.2, 0.25) is 0 Å². The molecule has 0 unspecified atom stereocenters. The SMILES string of the molecule is CCc1c(-c2ncnc3c2cc(-c2ccc(N4CCN(BC=O)CC4)cc2)n3S(=O)(=O)c2ccc(C)cc2)cccc1-n1ccc2cc(C3CC3)ccc2c1=O. The van der Waals surface area contributed by atoms with Gasteiger partial charge in [0, 0.05) is 54.4 Å². The Balaban J connectivity index is 1.18. The minimum absolute atomic E-state index is 0.0894. The van der Waals surface area contributed by atoms with E-state index in [-0.39, 0.29) is 16.1 Å². The summed E-state index contributed by atoms with van der Waals surface area (Å²) < 4.78 is 32.4. The van der Waals surface area contributed by atoms with Crippen molar-refractivity contribution in [2.45, 2.75) is 43.9 Å². The van der Waals surface area contributed by atoms with Crippen LogP contribution in [0, 0.1) is 6.92 Å². The molecule has 7 aromatic rings. The van der Waals surface area contributed by atoms with E-state index in [0.29, 0.717) is 47.5 Å². The maximum absolute atomic E-state index is 14.7. The van der Waals surface area contributed by atoms with E-state index >= 15 is 0 Å². The van der Waals surface area contributed by atoms with E-state index in [1.807, 2.05) is 73.8 Å². The monoisotopic (exact) mass is 760 g/mol. The number of carbonyl (C=O) groups is 1. The van der Waals surface area contributed by atoms with Gasteiger partial charge in [0.1, 0.15) is 6.33 Å². The van der Waals surface area contributed by atoms with Gasteiger partial charge in [-0.15, -0.1) is 0 Å². The molecule has 4 heterocycles. The zero-order valence-electron chi connectivity index (χ0n) is 31.4. The fraction of sp³-hybridized carbons (Fsp3) is 0.227. The molecular formula is C44H41BN6O4S. The van der Waals surface area contributed by atoms with Gasteiger partial charge in [-0.2, -0.15) is 0 Å². The average Bonchev–Trinajstić information content (AvgIpc) is 4.00. The Kier molecular flexibility index (Phi) is 9.18. The lowest BCUT2D eigenvalue weighted by Crippen LogP contribution is -2.48. The predicted octanol–water partition coefficient (Wildman–Crippen LogP) is 6.72. The summed E-state index contributed by atoms with van der Waals surface area (Å²) in [6.45, 7) is 7.15. The normalized spacial score (nSPS) is 15.1. The van der Waals surface area contributed by atoms with Gasteiger partial charge in [0.05, 0.1) is 28.2 Å². The van der Waals surface area contributed by atoms with Crippen LogP contribution in [0.5, 0.6) is 0 Å². The van der Waals surface area contributed by atoms with Crippen molar-refractivity contribution in [1.82, 2.24) is 23.3 Å². The molecular weight excluding hydrogens is 719 g/mol. The van der Waals surface area contributed by atoms with Crippen molar-refractivity contribution in [2.24, 2.45) is 0 Å². The Bertz CT molecular complexity index is 2810. The van der Waals surface area contributed by atoms with E-state index in [1.165, 1.54) is 28.7 Å². The molecule has 2 aliphatic rings. The first-order valence-corrected chi connectivity index (χ1v) is 20.7. The van der Waals surface area contributed by atoms with Crippen LogP contribution >= 0.6 is 0 Å². The highest BCUT2D eigenvalue weighted by Gasteiger charge is 2.28. The van der Waals surface area contributed by atoms with Crippen LogP contribution < -0.4 is 10.5 Å². The van der Waals surface area contributed by atoms with Crippen molar-refractivity contribution in [3.63, 3.8) is 0 Å². The predicted molar refractivity (Wildman–Crippen MR) is 224 cm³/mol. The summed E-state index contributed by atoms with van der Waals surface area (Å²) in [7, 11) is -3.69. The van der Waals surface area contributed by atoms with Gasteiger partial charge in [-0.25, -0.2) is 22.4 Å². The number of hydrogen-bond acceptors (Lipinski definition) is 8. The summed E-state index contributed by atoms with van der Waals surface area (Å²) in [6, 6.07) is 30.7. The molecule has 1 aliphatic carbocycles. The van der Waals surface area contributed by atoms with E-state index in [9.17, 15) is 18.0 Å². The highest BCUT2D eigenvalue weighted by Crippen LogP contribution is 2.41. The molecule has 0 amide bonds. The molecule has 12 heteroatoms. The summed E-state index contributed by atoms with van der Waals surface area (Å²) in [5.74, 6) is 0.596. The molecule has 1 aliphatic heterocycles. The van der Waals surface area contributed by atoms with Crippen molar-refractivity contribution in [3.05, 3.63) is 137 Å². The molecule has 0 bridgehead atoms. The number of hydrogen-bond donors (Lipinski definition) is 0. The smallest absolute Gasteiger partial charge is 0.281 e. The minimum Gasteiger partial charge on any atom is -0.369 e. The third-order valence-corrected chi connectivity index (χ3v) is 13.1. The number of aromatic nitrogens is 4. The van der Waals surface area contributed by atoms with E-state index in [2.05, 4.69) is 33.8 Å². The van der Waals surface area contributed by atoms with Crippen LogP contribution in [0.15, 0.2) is 119 Å². The van der Waals surface area contributed by atoms with Crippen molar-refractivity contribution in [1.29, 1.82) is 0 Å². The molecule has 1 saturated carbocycles. The summed E-state index contributed by atoms with van der Waals surface area (Å²) in [5.41, 5.74) is 7.68. The number of anilines is 1. The quantitative estimate of drug-likeness (QED) is 0.112. The van der Waals surface area contributed by atoms with E-state index in [1.54, 1.807) is 28.8 Å². The topological polar surface area (TPSA) is 110 Å². The Morgan fingerprint density at radius 3 is 2.34 bits per heavy atom. The third-order valence-electron chi connectivity index (χ3n) is 11.3. The number of aryl methyl sites for hydroxylation is 1. The zero-order valence-corrected chi connectivity index (χ0v) is 32.2. The largest absolute Gasteiger partial charge is 0.369 e. The zero-order chi connectivity index (χ0) is 38.6. The molecule has 4 aromatic carbocycles. The van der Waals surface area contributed by atoms with Crippen LogP contribution in [0.25, 0.3) is 50.0 Å². The standard InChI is InChI=1S/C44H41BN6O4S/c1-3-36-38(5-4-6-40(36)50-20-19-33-25-32(30-9-10-30)13-18-37(33)44(50)53)42-39-26-41(31-11-14-34(15-12-31)48-21-23-49(24-22-48)45-27-52)51(43(39)47-28-46-42)56(54,55)35-16-7-29(2)8-17-35/h4-8,11-20,25-28,30,45H,3,9-10,21-24H2,1-2H3. The second kappa shape index (κ2) is 14.3. The Morgan fingerprint density at radius 2 is 1.62 bits per heavy atom. The molecule has 2 fully saturated rings. The number of nitrogens with zero attached hydrogens (tertiary/aromatic N) is 6. The number of benzene rings is 4. The molecule has 0 radical (unpaired) electrons. The average molecular weight is 761 g/mol. The van der Waals surface area contributed by atoms with Crippen LogP contribution in [0.1, 0.15) is 42.4 Å². The van der Waals surface area contributed by atoms with Crippen molar-refractivity contribution >= 4 is 51.1 Å². The molecule has 56 heavy (non-hydrogen) atoms. The van der Waals surface area contributed by atoms with Gasteiger partial charge < -0.3 is 14.5 Å². The Morgan fingerprint density at radius 1 is 0.857 bits per heavy atom. The maximum atomic E-state index is 14.7. The summed E-state index contributed by atoms with van der Waals surface area (Å²) >= 11 is 0. The lowest BCUT2D eigenvalue weighted by atomic mass is 9.93. The summed E-state index contributed by atoms with van der Waals surface area (Å²) in [6.07, 6.45) is 7.21. The first-order valence-electron chi connectivity index (χ1n) is 19.2. The lowest BCUT2D eigenvalue weighted by molar-refractivity contribution is 0.409. The summed E-state index contributed by atoms with van der Waals surface area (Å²) in [4.78, 5) is 39.1. The first-order chi connectivity index (χ1) is 27.2. The number of rotatable bonds is 10. The van der Waals surface area contributed by atoms with Crippen LogP contribution in [0.2, 0.25) is 0 Å². The van der Waals surface area contributed by atoms with Gasteiger partial charge in [-0.05, 0) is 103 Å². The maximum Gasteiger partial charge on any atom is 0.281 e. The van der Waals surface area contributed by atoms with Crippen LogP contribution in [0.3, 0.4) is 0 Å². The molecule has 280 valence electrons. The number of carbonyl (C=O) groups excluding carboxylic acids is 1. The second-order valence-electron chi connectivity index (χ2n) is 14.8. The van der Waals surface area contributed by atoms with Crippen LogP contribution in [0.4, 0.5) is 5.69 Å².